The lowest BCUT2D eigenvalue weighted by Crippen LogP contribution is -2.49. The van der Waals surface area contributed by atoms with Crippen LogP contribution in [0.25, 0.3) is 34.4 Å². The molecule has 0 saturated heterocycles. The molecule has 0 amide bonds. The van der Waals surface area contributed by atoms with Crippen LogP contribution < -0.4 is 15.3 Å². The van der Waals surface area contributed by atoms with Crippen molar-refractivity contribution < 1.29 is 0 Å². The minimum Gasteiger partial charge on any atom is -0.311 e. The summed E-state index contributed by atoms with van der Waals surface area (Å²) in [7, 11) is -1.98. The summed E-state index contributed by atoms with van der Waals surface area (Å²) >= 11 is 0. The van der Waals surface area contributed by atoms with Gasteiger partial charge in [-0.2, -0.15) is 0 Å². The van der Waals surface area contributed by atoms with E-state index in [0.717, 1.165) is 17.8 Å². The molecule has 2 aliphatic rings. The van der Waals surface area contributed by atoms with Crippen molar-refractivity contribution in [3.63, 3.8) is 0 Å². The molecule has 1 atom stereocenters. The molecule has 0 spiro atoms. The number of allylic oxidation sites excluding steroid dienone is 4. The third-order valence-electron chi connectivity index (χ3n) is 13.0. The molecule has 1 aliphatic heterocycles. The normalized spacial score (nSPS) is 15.1. The van der Waals surface area contributed by atoms with E-state index < -0.39 is 8.07 Å². The monoisotopic (exact) mass is 799 g/mol. The van der Waals surface area contributed by atoms with Crippen LogP contribution in [0.3, 0.4) is 0 Å². The van der Waals surface area contributed by atoms with Gasteiger partial charge in [-0.25, -0.2) is 0 Å². The van der Waals surface area contributed by atoms with Crippen LogP contribution in [0.1, 0.15) is 34.2 Å². The van der Waals surface area contributed by atoms with Crippen molar-refractivity contribution >= 4 is 47.7 Å². The van der Waals surface area contributed by atoms with Gasteiger partial charge in [-0.05, 0) is 109 Å². The number of hydrogen-bond acceptors (Lipinski definition) is 1. The predicted molar refractivity (Wildman–Crippen MR) is 263 cm³/mol. The first kappa shape index (κ1) is 38.2. The van der Waals surface area contributed by atoms with Crippen LogP contribution in [0, 0.1) is 5.92 Å². The summed E-state index contributed by atoms with van der Waals surface area (Å²) in [6.07, 6.45) is 14.6. The highest BCUT2D eigenvalue weighted by Crippen LogP contribution is 2.48. The number of nitrogens with zero attached hydrogens (tertiary/aromatic N) is 1. The SMILES string of the molecule is C[Si]1(C)c2cc(C=Cc3ccc(-c4ccc(C(c5ccccc5)(c5ccccc5)C5C=CC=CC5)cc4)cc3)ccc2-c2ccc(N(c3ccccc3)c3ccccc3)cc21. The van der Waals surface area contributed by atoms with E-state index >= 15 is 0 Å². The number of rotatable bonds is 10. The molecular weight excluding hydrogens is 751 g/mol. The Morgan fingerprint density at radius 3 is 1.49 bits per heavy atom. The largest absolute Gasteiger partial charge is 0.311 e. The summed E-state index contributed by atoms with van der Waals surface area (Å²) in [5, 5.41) is 3.00. The zero-order chi connectivity index (χ0) is 41.2. The second kappa shape index (κ2) is 16.2. The minimum absolute atomic E-state index is 0.289. The van der Waals surface area contributed by atoms with Gasteiger partial charge in [0.1, 0.15) is 8.07 Å². The van der Waals surface area contributed by atoms with Crippen LogP contribution in [0.4, 0.5) is 17.1 Å². The molecule has 2 heteroatoms. The number of anilines is 3. The highest BCUT2D eigenvalue weighted by Gasteiger charge is 2.42. The van der Waals surface area contributed by atoms with Gasteiger partial charge >= 0.3 is 0 Å². The van der Waals surface area contributed by atoms with Crippen LogP contribution in [0.15, 0.2) is 231 Å². The first-order valence-electron chi connectivity index (χ1n) is 21.5. The third kappa shape index (κ3) is 7.03. The fraction of sp³-hybridized carbons (Fsp3) is 0.0847. The lowest BCUT2D eigenvalue weighted by molar-refractivity contribution is 0.448. The van der Waals surface area contributed by atoms with Gasteiger partial charge in [-0.15, -0.1) is 0 Å². The Morgan fingerprint density at radius 1 is 0.459 bits per heavy atom. The van der Waals surface area contributed by atoms with E-state index in [-0.39, 0.29) is 11.3 Å². The van der Waals surface area contributed by atoms with Gasteiger partial charge in [0.05, 0.1) is 5.41 Å². The molecule has 0 aromatic heterocycles. The summed E-state index contributed by atoms with van der Waals surface area (Å²) in [5.74, 6) is 0.289. The van der Waals surface area contributed by atoms with Crippen LogP contribution in [0.5, 0.6) is 0 Å². The number of hydrogen-bond donors (Lipinski definition) is 0. The lowest BCUT2D eigenvalue weighted by Gasteiger charge is -2.42. The number of fused-ring (bicyclic) bond motifs is 3. The van der Waals surface area contributed by atoms with Crippen molar-refractivity contribution in [1.29, 1.82) is 0 Å². The molecule has 1 unspecified atom stereocenters. The molecular formula is C59H49NSi. The molecule has 0 fully saturated rings. The molecule has 0 saturated carbocycles. The molecule has 10 rings (SSSR count). The molecule has 8 aromatic rings. The maximum atomic E-state index is 2.50. The average molecular weight is 800 g/mol. The Hall–Kier alpha value is -7.00. The highest BCUT2D eigenvalue weighted by atomic mass is 28.3. The Kier molecular flexibility index (Phi) is 10.2. The van der Waals surface area contributed by atoms with E-state index in [0.29, 0.717) is 0 Å². The van der Waals surface area contributed by atoms with E-state index in [2.05, 4.69) is 261 Å². The quantitative estimate of drug-likeness (QED) is 0.0757. The van der Waals surface area contributed by atoms with Crippen molar-refractivity contribution in [2.45, 2.75) is 24.9 Å². The number of benzene rings is 8. The van der Waals surface area contributed by atoms with Gasteiger partial charge < -0.3 is 4.90 Å². The molecule has 294 valence electrons. The smallest absolute Gasteiger partial charge is 0.113 e. The maximum Gasteiger partial charge on any atom is 0.113 e. The molecule has 1 nitrogen and oxygen atoms in total. The Morgan fingerprint density at radius 2 is 0.934 bits per heavy atom. The van der Waals surface area contributed by atoms with Gasteiger partial charge in [0, 0.05) is 17.1 Å². The average Bonchev–Trinajstić information content (AvgIpc) is 3.55. The summed E-state index contributed by atoms with van der Waals surface area (Å²) in [6.45, 7) is 5.01. The summed E-state index contributed by atoms with van der Waals surface area (Å²) < 4.78 is 0. The van der Waals surface area contributed by atoms with Crippen molar-refractivity contribution in [3.8, 4) is 22.3 Å². The summed E-state index contributed by atoms with van der Waals surface area (Å²) in [5.41, 5.74) is 14.8. The standard InChI is InChI=1S/C59H49NSi/c1-61(2)57-42-45(32-40-55(57)56-41-39-54(43-58(56)61)60(52-24-14-6-15-25-52)53-26-16-7-17-27-53)29-28-44-30-33-46(34-31-44)47-35-37-51(38-36-47)59(48-18-8-3-9-19-48,49-20-10-4-11-21-49)50-22-12-5-13-23-50/h3-22,24-43,50H,23H2,1-2H3. The first-order chi connectivity index (χ1) is 30.0. The van der Waals surface area contributed by atoms with Crippen LogP contribution in [0.2, 0.25) is 13.1 Å². The van der Waals surface area contributed by atoms with E-state index in [4.69, 9.17) is 0 Å². The zero-order valence-corrected chi connectivity index (χ0v) is 35.8. The highest BCUT2D eigenvalue weighted by molar-refractivity contribution is 7.03. The van der Waals surface area contributed by atoms with Gasteiger partial charge in [0.2, 0.25) is 0 Å². The topological polar surface area (TPSA) is 3.24 Å². The Balaban J connectivity index is 0.904. The Bertz CT molecular complexity index is 2790. The van der Waals surface area contributed by atoms with Crippen molar-refractivity contribution in [2.24, 2.45) is 5.92 Å². The zero-order valence-electron chi connectivity index (χ0n) is 34.8. The van der Waals surface area contributed by atoms with Gasteiger partial charge in [-0.1, -0.05) is 219 Å². The fourth-order valence-corrected chi connectivity index (χ4v) is 13.0. The molecule has 1 heterocycles. The van der Waals surface area contributed by atoms with E-state index in [1.165, 1.54) is 66.1 Å². The molecule has 8 aromatic carbocycles. The number of para-hydroxylation sites is 2. The summed E-state index contributed by atoms with van der Waals surface area (Å²) in [6, 6.07) is 76.0. The second-order valence-corrected chi connectivity index (χ2v) is 21.2. The van der Waals surface area contributed by atoms with Crippen molar-refractivity contribution in [3.05, 3.63) is 258 Å². The van der Waals surface area contributed by atoms with E-state index in [9.17, 15) is 0 Å². The van der Waals surface area contributed by atoms with Crippen LogP contribution in [-0.4, -0.2) is 8.07 Å². The lowest BCUT2D eigenvalue weighted by atomic mass is 9.60. The van der Waals surface area contributed by atoms with Gasteiger partial charge in [0.15, 0.2) is 0 Å². The third-order valence-corrected chi connectivity index (χ3v) is 16.5. The molecule has 0 radical (unpaired) electrons. The summed E-state index contributed by atoms with van der Waals surface area (Å²) in [4.78, 5) is 2.37. The van der Waals surface area contributed by atoms with E-state index in [1.807, 2.05) is 0 Å². The first-order valence-corrected chi connectivity index (χ1v) is 24.5. The van der Waals surface area contributed by atoms with E-state index in [1.54, 1.807) is 0 Å². The van der Waals surface area contributed by atoms with Gasteiger partial charge in [0.25, 0.3) is 0 Å². The predicted octanol–water partition coefficient (Wildman–Crippen LogP) is 14.3. The fourth-order valence-electron chi connectivity index (χ4n) is 9.94. The second-order valence-electron chi connectivity index (χ2n) is 16.9. The van der Waals surface area contributed by atoms with Gasteiger partial charge in [-0.3, -0.25) is 0 Å². The molecule has 0 N–H and O–H groups in total. The maximum absolute atomic E-state index is 2.50. The van der Waals surface area contributed by atoms with Crippen LogP contribution in [-0.2, 0) is 5.41 Å². The molecule has 61 heavy (non-hydrogen) atoms. The minimum atomic E-state index is -1.98. The van der Waals surface area contributed by atoms with Crippen LogP contribution >= 0.6 is 0 Å². The molecule has 0 bridgehead atoms. The molecule has 1 aliphatic carbocycles. The Labute approximate surface area is 362 Å². The van der Waals surface area contributed by atoms with Crippen molar-refractivity contribution in [2.75, 3.05) is 4.90 Å². The van der Waals surface area contributed by atoms with Crippen molar-refractivity contribution in [1.82, 2.24) is 0 Å².